The van der Waals surface area contributed by atoms with Crippen LogP contribution in [0.3, 0.4) is 0 Å². The van der Waals surface area contributed by atoms with Crippen LogP contribution in [0.15, 0.2) is 18.2 Å². The second kappa shape index (κ2) is 8.08. The first-order valence-electron chi connectivity index (χ1n) is 7.64. The predicted octanol–water partition coefficient (Wildman–Crippen LogP) is 3.61. The summed E-state index contributed by atoms with van der Waals surface area (Å²) in [6.07, 6.45) is 7.52. The summed E-state index contributed by atoms with van der Waals surface area (Å²) in [6, 6.07) is 3.99. The van der Waals surface area contributed by atoms with Crippen molar-refractivity contribution in [3.05, 3.63) is 29.8 Å². The molecule has 0 aliphatic heterocycles. The van der Waals surface area contributed by atoms with Crippen LogP contribution in [0, 0.1) is 11.6 Å². The number of carbonyl (C=O) groups excluding carboxylic acids is 1. The lowest BCUT2D eigenvalue weighted by atomic mass is 10.1. The van der Waals surface area contributed by atoms with Gasteiger partial charge in [-0.05, 0) is 25.0 Å². The van der Waals surface area contributed by atoms with Crippen LogP contribution in [0.5, 0.6) is 0 Å². The molecule has 2 N–H and O–H groups in total. The van der Waals surface area contributed by atoms with E-state index in [-0.39, 0.29) is 18.0 Å². The van der Waals surface area contributed by atoms with E-state index in [0.29, 0.717) is 12.6 Å². The molecule has 5 heteroatoms. The van der Waals surface area contributed by atoms with Gasteiger partial charge in [0.25, 0.3) is 0 Å². The Morgan fingerprint density at radius 3 is 2.33 bits per heavy atom. The molecule has 1 aromatic carbocycles. The van der Waals surface area contributed by atoms with E-state index in [1.807, 2.05) is 0 Å². The van der Waals surface area contributed by atoms with Crippen molar-refractivity contribution in [3.8, 4) is 0 Å². The molecule has 1 fully saturated rings. The lowest BCUT2D eigenvalue weighted by Gasteiger charge is -2.16. The summed E-state index contributed by atoms with van der Waals surface area (Å²) in [5, 5.41) is 5.66. The van der Waals surface area contributed by atoms with Gasteiger partial charge in [0.2, 0.25) is 5.91 Å². The SMILES string of the molecule is O=C(CCNC1CCCCCC1)Nc1c(F)cccc1F. The highest BCUT2D eigenvalue weighted by Gasteiger charge is 2.14. The van der Waals surface area contributed by atoms with Crippen molar-refractivity contribution in [1.82, 2.24) is 5.32 Å². The predicted molar refractivity (Wildman–Crippen MR) is 79.1 cm³/mol. The smallest absolute Gasteiger partial charge is 0.225 e. The van der Waals surface area contributed by atoms with Crippen molar-refractivity contribution in [2.45, 2.75) is 51.0 Å². The van der Waals surface area contributed by atoms with E-state index in [1.54, 1.807) is 0 Å². The number of nitrogens with one attached hydrogen (secondary N) is 2. The van der Waals surface area contributed by atoms with E-state index in [4.69, 9.17) is 0 Å². The fourth-order valence-corrected chi connectivity index (χ4v) is 2.69. The quantitative estimate of drug-likeness (QED) is 0.815. The van der Waals surface area contributed by atoms with Gasteiger partial charge in [-0.15, -0.1) is 0 Å². The second-order valence-electron chi connectivity index (χ2n) is 5.54. The minimum absolute atomic E-state index is 0.213. The highest BCUT2D eigenvalue weighted by atomic mass is 19.1. The van der Waals surface area contributed by atoms with Crippen LogP contribution in [0.4, 0.5) is 14.5 Å². The van der Waals surface area contributed by atoms with Crippen molar-refractivity contribution in [1.29, 1.82) is 0 Å². The number of hydrogen-bond acceptors (Lipinski definition) is 2. The third-order valence-corrected chi connectivity index (χ3v) is 3.87. The van der Waals surface area contributed by atoms with Crippen LogP contribution in [0.2, 0.25) is 0 Å². The molecule has 3 nitrogen and oxygen atoms in total. The van der Waals surface area contributed by atoms with Gasteiger partial charge in [-0.1, -0.05) is 31.7 Å². The monoisotopic (exact) mass is 296 g/mol. The van der Waals surface area contributed by atoms with E-state index >= 15 is 0 Å². The van der Waals surface area contributed by atoms with E-state index in [2.05, 4.69) is 10.6 Å². The number of hydrogen-bond donors (Lipinski definition) is 2. The Hall–Kier alpha value is -1.49. The van der Waals surface area contributed by atoms with Gasteiger partial charge >= 0.3 is 0 Å². The van der Waals surface area contributed by atoms with Gasteiger partial charge in [0.1, 0.15) is 17.3 Å². The molecule has 1 aromatic rings. The Labute approximate surface area is 124 Å². The largest absolute Gasteiger partial charge is 0.321 e. The van der Waals surface area contributed by atoms with E-state index in [9.17, 15) is 13.6 Å². The molecule has 21 heavy (non-hydrogen) atoms. The van der Waals surface area contributed by atoms with Crippen LogP contribution in [-0.4, -0.2) is 18.5 Å². The molecule has 0 saturated heterocycles. The van der Waals surface area contributed by atoms with Gasteiger partial charge in [-0.25, -0.2) is 8.78 Å². The van der Waals surface area contributed by atoms with Crippen molar-refractivity contribution < 1.29 is 13.6 Å². The van der Waals surface area contributed by atoms with Crippen molar-refractivity contribution in [3.63, 3.8) is 0 Å². The van der Waals surface area contributed by atoms with Gasteiger partial charge in [0.05, 0.1) is 0 Å². The molecule has 0 spiro atoms. The fourth-order valence-electron chi connectivity index (χ4n) is 2.69. The summed E-state index contributed by atoms with van der Waals surface area (Å²) in [4.78, 5) is 11.7. The zero-order valence-corrected chi connectivity index (χ0v) is 12.1. The second-order valence-corrected chi connectivity index (χ2v) is 5.54. The molecule has 0 aromatic heterocycles. The summed E-state index contributed by atoms with van der Waals surface area (Å²) in [5.41, 5.74) is -0.364. The van der Waals surface area contributed by atoms with Crippen LogP contribution in [0.1, 0.15) is 44.9 Å². The maximum absolute atomic E-state index is 13.4. The maximum atomic E-state index is 13.4. The lowest BCUT2D eigenvalue weighted by molar-refractivity contribution is -0.116. The van der Waals surface area contributed by atoms with E-state index in [1.165, 1.54) is 31.7 Å². The molecule has 1 aliphatic rings. The highest BCUT2D eigenvalue weighted by molar-refractivity contribution is 5.91. The molecule has 0 heterocycles. The Balaban J connectivity index is 1.74. The van der Waals surface area contributed by atoms with E-state index in [0.717, 1.165) is 25.0 Å². The minimum Gasteiger partial charge on any atom is -0.321 e. The number of carbonyl (C=O) groups is 1. The Morgan fingerprint density at radius 2 is 1.71 bits per heavy atom. The molecule has 2 rings (SSSR count). The molecule has 1 amide bonds. The van der Waals surface area contributed by atoms with Crippen LogP contribution < -0.4 is 10.6 Å². The Morgan fingerprint density at radius 1 is 1.10 bits per heavy atom. The minimum atomic E-state index is -0.750. The average molecular weight is 296 g/mol. The van der Waals surface area contributed by atoms with E-state index < -0.39 is 11.6 Å². The topological polar surface area (TPSA) is 41.1 Å². The average Bonchev–Trinajstić information content (AvgIpc) is 2.72. The first-order chi connectivity index (χ1) is 10.2. The molecule has 0 unspecified atom stereocenters. The normalized spacial score (nSPS) is 16.5. The van der Waals surface area contributed by atoms with Crippen molar-refractivity contribution in [2.24, 2.45) is 0 Å². The number of para-hydroxylation sites is 1. The molecule has 0 atom stereocenters. The number of amides is 1. The standard InChI is InChI=1S/C16H22F2N2O/c17-13-8-5-9-14(18)16(13)20-15(21)10-11-19-12-6-3-1-2-4-7-12/h5,8-9,12,19H,1-4,6-7,10-11H2,(H,20,21). The summed E-state index contributed by atoms with van der Waals surface area (Å²) in [7, 11) is 0. The molecule has 0 radical (unpaired) electrons. The first-order valence-corrected chi connectivity index (χ1v) is 7.64. The van der Waals surface area contributed by atoms with Crippen LogP contribution >= 0.6 is 0 Å². The lowest BCUT2D eigenvalue weighted by Crippen LogP contribution is -2.31. The zero-order chi connectivity index (χ0) is 15.1. The number of rotatable bonds is 5. The fraction of sp³-hybridized carbons (Fsp3) is 0.562. The molecule has 1 saturated carbocycles. The number of anilines is 1. The molecule has 1 aliphatic carbocycles. The van der Waals surface area contributed by atoms with Gasteiger partial charge in [0.15, 0.2) is 0 Å². The zero-order valence-electron chi connectivity index (χ0n) is 12.1. The van der Waals surface area contributed by atoms with Gasteiger partial charge in [-0.3, -0.25) is 4.79 Å². The third kappa shape index (κ3) is 5.08. The van der Waals surface area contributed by atoms with Gasteiger partial charge in [-0.2, -0.15) is 0 Å². The first kappa shape index (κ1) is 15.9. The Kier molecular flexibility index (Phi) is 6.11. The molecular weight excluding hydrogens is 274 g/mol. The number of benzene rings is 1. The van der Waals surface area contributed by atoms with Crippen LogP contribution in [-0.2, 0) is 4.79 Å². The third-order valence-electron chi connectivity index (χ3n) is 3.87. The molecule has 116 valence electrons. The van der Waals surface area contributed by atoms with Crippen molar-refractivity contribution >= 4 is 11.6 Å². The van der Waals surface area contributed by atoms with Crippen LogP contribution in [0.25, 0.3) is 0 Å². The maximum Gasteiger partial charge on any atom is 0.225 e. The summed E-state index contributed by atoms with van der Waals surface area (Å²) >= 11 is 0. The summed E-state index contributed by atoms with van der Waals surface area (Å²) < 4.78 is 26.8. The molecular formula is C16H22F2N2O. The summed E-state index contributed by atoms with van der Waals surface area (Å²) in [5.74, 6) is -1.87. The number of halogens is 2. The molecule has 0 bridgehead atoms. The highest BCUT2D eigenvalue weighted by Crippen LogP contribution is 2.18. The Bertz CT molecular complexity index is 451. The van der Waals surface area contributed by atoms with Gasteiger partial charge in [0, 0.05) is 19.0 Å². The summed E-state index contributed by atoms with van der Waals surface area (Å²) in [6.45, 7) is 0.534. The van der Waals surface area contributed by atoms with Gasteiger partial charge < -0.3 is 10.6 Å². The van der Waals surface area contributed by atoms with Crippen molar-refractivity contribution in [2.75, 3.05) is 11.9 Å².